The number of nitrogens with one attached hydrogen (secondary N) is 2. The van der Waals surface area contributed by atoms with Crippen LogP contribution in [-0.4, -0.2) is 54.2 Å². The number of carbonyl (C=O) groups is 2. The summed E-state index contributed by atoms with van der Waals surface area (Å²) < 4.78 is 5.23. The number of primary amides is 2. The molecule has 2 aliphatic rings. The van der Waals surface area contributed by atoms with Crippen molar-refractivity contribution >= 4 is 66.1 Å². The van der Waals surface area contributed by atoms with E-state index in [1.54, 1.807) is 9.03 Å². The molecule has 0 aliphatic heterocycles. The van der Waals surface area contributed by atoms with Gasteiger partial charge in [0.05, 0.1) is 45.9 Å². The Morgan fingerprint density at radius 2 is 1.09 bits per heavy atom. The highest BCUT2D eigenvalue weighted by atomic mass is 79.9. The fraction of sp³-hybridized carbons (Fsp3) is 0.500. The van der Waals surface area contributed by atoms with E-state index in [1.807, 2.05) is 24.5 Å². The molecule has 46 heavy (non-hydrogen) atoms. The second-order valence-corrected chi connectivity index (χ2v) is 16.2. The van der Waals surface area contributed by atoms with Crippen molar-refractivity contribution < 1.29 is 9.59 Å². The standard InChI is InChI=1S/2C16H22BrN5O/c2*1-15(2)12(4-5-16(15,3)19)21-13-10(14(18)23)7-20-22-8-9(17)6-11(13)22/h2*6-8,12,21H,4-5,19H2,1-3H3,(H2,18,23)/t12-,16+;12-,16-/m01/s1. The number of amides is 2. The molecule has 2 saturated carbocycles. The first-order valence-electron chi connectivity index (χ1n) is 15.3. The third kappa shape index (κ3) is 5.88. The average Bonchev–Trinajstić information content (AvgIpc) is 3.63. The van der Waals surface area contributed by atoms with Crippen LogP contribution in [0.4, 0.5) is 11.4 Å². The molecular weight excluding hydrogens is 716 g/mol. The zero-order chi connectivity index (χ0) is 34.0. The summed E-state index contributed by atoms with van der Waals surface area (Å²) in [5.74, 6) is -0.989. The number of rotatable bonds is 6. The van der Waals surface area contributed by atoms with E-state index in [1.165, 1.54) is 12.4 Å². The van der Waals surface area contributed by atoms with Gasteiger partial charge in [-0.3, -0.25) is 9.59 Å². The second-order valence-electron chi connectivity index (χ2n) is 14.3. The van der Waals surface area contributed by atoms with Gasteiger partial charge in [-0.15, -0.1) is 0 Å². The highest BCUT2D eigenvalue weighted by Crippen LogP contribution is 2.47. The third-order valence-corrected chi connectivity index (χ3v) is 11.8. The predicted molar refractivity (Wildman–Crippen MR) is 189 cm³/mol. The molecule has 0 saturated heterocycles. The van der Waals surface area contributed by atoms with Crippen LogP contribution in [0.25, 0.3) is 11.0 Å². The minimum atomic E-state index is -0.494. The Morgan fingerprint density at radius 3 is 1.37 bits per heavy atom. The second kappa shape index (κ2) is 11.8. The van der Waals surface area contributed by atoms with Crippen molar-refractivity contribution in [3.8, 4) is 0 Å². The van der Waals surface area contributed by atoms with Gasteiger partial charge < -0.3 is 33.6 Å². The first kappa shape index (κ1) is 34.1. The van der Waals surface area contributed by atoms with Crippen molar-refractivity contribution in [1.82, 2.24) is 19.2 Å². The SMILES string of the molecule is CC1(C)[C@@H](Nc2c(C(N)=O)cnn3cc(Br)cc23)CC[C@@]1(C)N.CC1(C)[C@H](Nc2c(C(N)=O)cnn3cc(Br)cc23)CC[C@@]1(C)N. The van der Waals surface area contributed by atoms with Gasteiger partial charge in [0.15, 0.2) is 0 Å². The van der Waals surface area contributed by atoms with Crippen LogP contribution in [0.5, 0.6) is 0 Å². The summed E-state index contributed by atoms with van der Waals surface area (Å²) >= 11 is 6.90. The fourth-order valence-electron chi connectivity index (χ4n) is 6.63. The predicted octanol–water partition coefficient (Wildman–Crippen LogP) is 5.03. The fourth-order valence-corrected chi connectivity index (χ4v) is 7.45. The number of hydrogen-bond donors (Lipinski definition) is 6. The summed E-state index contributed by atoms with van der Waals surface area (Å²) in [5.41, 5.74) is 27.1. The van der Waals surface area contributed by atoms with Gasteiger partial charge in [0.25, 0.3) is 11.8 Å². The summed E-state index contributed by atoms with van der Waals surface area (Å²) in [6, 6.07) is 4.14. The van der Waals surface area contributed by atoms with E-state index in [9.17, 15) is 9.59 Å². The Morgan fingerprint density at radius 1 is 0.739 bits per heavy atom. The smallest absolute Gasteiger partial charge is 0.252 e. The van der Waals surface area contributed by atoms with Crippen LogP contribution in [0.3, 0.4) is 0 Å². The molecule has 10 N–H and O–H groups in total. The lowest BCUT2D eigenvalue weighted by Gasteiger charge is -2.39. The molecule has 4 aromatic heterocycles. The molecule has 4 heterocycles. The van der Waals surface area contributed by atoms with Gasteiger partial charge in [-0.1, -0.05) is 27.7 Å². The largest absolute Gasteiger partial charge is 0.379 e. The Hall–Kier alpha value is -3.20. The molecule has 14 heteroatoms. The van der Waals surface area contributed by atoms with Gasteiger partial charge in [0.1, 0.15) is 0 Å². The molecule has 0 aromatic carbocycles. The highest BCUT2D eigenvalue weighted by Gasteiger charge is 2.50. The van der Waals surface area contributed by atoms with E-state index in [0.717, 1.165) is 45.7 Å². The van der Waals surface area contributed by atoms with Crippen LogP contribution >= 0.6 is 31.9 Å². The number of carbonyl (C=O) groups excluding carboxylic acids is 2. The number of aromatic nitrogens is 4. The number of nitrogens with two attached hydrogens (primary N) is 4. The number of anilines is 2. The maximum absolute atomic E-state index is 11.8. The maximum atomic E-state index is 11.8. The molecule has 6 rings (SSSR count). The third-order valence-electron chi connectivity index (χ3n) is 11.0. The minimum absolute atomic E-state index is 0.119. The van der Waals surface area contributed by atoms with Crippen molar-refractivity contribution in [2.45, 2.75) is 90.4 Å². The van der Waals surface area contributed by atoms with Crippen molar-refractivity contribution in [2.75, 3.05) is 10.6 Å². The topological polar surface area (TPSA) is 197 Å². The van der Waals surface area contributed by atoms with E-state index in [4.69, 9.17) is 22.9 Å². The Labute approximate surface area is 285 Å². The van der Waals surface area contributed by atoms with Gasteiger partial charge in [-0.25, -0.2) is 9.03 Å². The van der Waals surface area contributed by atoms with E-state index < -0.39 is 11.8 Å². The number of hydrogen-bond acceptors (Lipinski definition) is 8. The molecule has 0 spiro atoms. The molecular formula is C32H44Br2N10O2. The lowest BCUT2D eigenvalue weighted by Crippen LogP contribution is -2.51. The minimum Gasteiger partial charge on any atom is -0.379 e. The first-order valence-corrected chi connectivity index (χ1v) is 16.9. The van der Waals surface area contributed by atoms with E-state index in [-0.39, 0.29) is 34.0 Å². The highest BCUT2D eigenvalue weighted by molar-refractivity contribution is 9.10. The summed E-state index contributed by atoms with van der Waals surface area (Å²) in [5, 5.41) is 15.6. The van der Waals surface area contributed by atoms with E-state index >= 15 is 0 Å². The lowest BCUT2D eigenvalue weighted by atomic mass is 9.75. The van der Waals surface area contributed by atoms with Crippen LogP contribution in [0.15, 0.2) is 45.9 Å². The van der Waals surface area contributed by atoms with Crippen molar-refractivity contribution in [3.05, 3.63) is 57.0 Å². The summed E-state index contributed by atoms with van der Waals surface area (Å²) in [7, 11) is 0. The molecule has 0 radical (unpaired) electrons. The van der Waals surface area contributed by atoms with Crippen LogP contribution in [0, 0.1) is 10.8 Å². The van der Waals surface area contributed by atoms with Gasteiger partial charge >= 0.3 is 0 Å². The van der Waals surface area contributed by atoms with E-state index in [2.05, 4.69) is 94.2 Å². The molecule has 0 unspecified atom stereocenters. The molecule has 2 aliphatic carbocycles. The van der Waals surface area contributed by atoms with Gasteiger partial charge in [0, 0.05) is 55.3 Å². The molecule has 2 fully saturated rings. The van der Waals surface area contributed by atoms with Crippen molar-refractivity contribution in [1.29, 1.82) is 0 Å². The number of nitrogens with zero attached hydrogens (tertiary/aromatic N) is 4. The number of fused-ring (bicyclic) bond motifs is 2. The average molecular weight is 761 g/mol. The molecule has 4 atom stereocenters. The van der Waals surface area contributed by atoms with Crippen molar-refractivity contribution in [2.24, 2.45) is 33.8 Å². The summed E-state index contributed by atoms with van der Waals surface area (Å²) in [6.45, 7) is 12.8. The monoisotopic (exact) mass is 758 g/mol. The quantitative estimate of drug-likeness (QED) is 0.157. The van der Waals surface area contributed by atoms with Crippen LogP contribution < -0.4 is 33.6 Å². The summed E-state index contributed by atoms with van der Waals surface area (Å²) in [6.07, 6.45) is 10.4. The molecule has 0 bridgehead atoms. The molecule has 12 nitrogen and oxygen atoms in total. The Balaban J connectivity index is 0.000000181. The first-order chi connectivity index (χ1) is 21.3. The van der Waals surface area contributed by atoms with Gasteiger partial charge in [-0.2, -0.15) is 10.2 Å². The van der Waals surface area contributed by atoms with Gasteiger partial charge in [-0.05, 0) is 83.5 Å². The van der Waals surface area contributed by atoms with Crippen molar-refractivity contribution in [3.63, 3.8) is 0 Å². The van der Waals surface area contributed by atoms with Crippen LogP contribution in [-0.2, 0) is 0 Å². The van der Waals surface area contributed by atoms with Crippen LogP contribution in [0.2, 0.25) is 0 Å². The molecule has 4 aromatic rings. The molecule has 248 valence electrons. The zero-order valence-corrected chi connectivity index (χ0v) is 30.3. The zero-order valence-electron chi connectivity index (χ0n) is 27.1. The Bertz CT molecular complexity index is 1690. The normalized spacial score (nSPS) is 26.6. The molecule has 2 amide bonds. The Kier molecular flexibility index (Phi) is 8.76. The number of halogens is 2. The van der Waals surface area contributed by atoms with E-state index in [0.29, 0.717) is 22.5 Å². The lowest BCUT2D eigenvalue weighted by molar-refractivity contribution is 0.0992. The van der Waals surface area contributed by atoms with Gasteiger partial charge in [0.2, 0.25) is 0 Å². The van der Waals surface area contributed by atoms with Crippen LogP contribution in [0.1, 0.15) is 87.9 Å². The maximum Gasteiger partial charge on any atom is 0.252 e. The summed E-state index contributed by atoms with van der Waals surface area (Å²) in [4.78, 5) is 23.7.